The average molecular weight is 287 g/mol. The lowest BCUT2D eigenvalue weighted by Crippen LogP contribution is -2.33. The fourth-order valence-electron chi connectivity index (χ4n) is 2.10. The Balaban J connectivity index is 1.83. The Morgan fingerprint density at radius 1 is 1.39 bits per heavy atom. The van der Waals surface area contributed by atoms with Crippen molar-refractivity contribution in [3.05, 3.63) is 33.8 Å². The molecule has 2 N–H and O–H groups in total. The van der Waals surface area contributed by atoms with Crippen molar-refractivity contribution in [3.63, 3.8) is 0 Å². The number of amides is 1. The van der Waals surface area contributed by atoms with Crippen molar-refractivity contribution in [1.29, 1.82) is 0 Å². The van der Waals surface area contributed by atoms with E-state index in [0.29, 0.717) is 23.0 Å². The highest BCUT2D eigenvalue weighted by molar-refractivity contribution is 6.35. The maximum atomic E-state index is 11.8. The van der Waals surface area contributed by atoms with Gasteiger partial charge in [-0.1, -0.05) is 29.3 Å². The van der Waals surface area contributed by atoms with Crippen LogP contribution >= 0.6 is 23.2 Å². The first-order chi connectivity index (χ1) is 8.68. The normalized spacial score (nSPS) is 18.9. The molecule has 0 radical (unpaired) electrons. The summed E-state index contributed by atoms with van der Waals surface area (Å²) in [5, 5.41) is 7.41. The van der Waals surface area contributed by atoms with Gasteiger partial charge in [0.1, 0.15) is 0 Å². The molecule has 2 rings (SSSR count). The molecule has 0 saturated carbocycles. The van der Waals surface area contributed by atoms with Crippen LogP contribution in [0, 0.1) is 5.92 Å². The van der Waals surface area contributed by atoms with Gasteiger partial charge in [0.25, 0.3) is 0 Å². The van der Waals surface area contributed by atoms with Gasteiger partial charge < -0.3 is 10.6 Å². The number of nitrogens with one attached hydrogen (secondary N) is 2. The molecule has 5 heteroatoms. The number of halogens is 2. The summed E-state index contributed by atoms with van der Waals surface area (Å²) in [6, 6.07) is 5.44. The zero-order chi connectivity index (χ0) is 13.0. The van der Waals surface area contributed by atoms with E-state index >= 15 is 0 Å². The van der Waals surface area contributed by atoms with E-state index < -0.39 is 0 Å². The van der Waals surface area contributed by atoms with Crippen LogP contribution in [0.2, 0.25) is 10.0 Å². The standard InChI is InChI=1S/C13H16Cl2N2O/c14-11-2-1-3-12(15)10(11)5-7-17-13(18)9-4-6-16-8-9/h1-3,9,16H,4-8H2,(H,17,18). The second-order valence-corrected chi connectivity index (χ2v) is 5.25. The van der Waals surface area contributed by atoms with Crippen molar-refractivity contribution in [1.82, 2.24) is 10.6 Å². The van der Waals surface area contributed by atoms with Gasteiger partial charge in [-0.05, 0) is 37.1 Å². The Morgan fingerprint density at radius 3 is 2.72 bits per heavy atom. The topological polar surface area (TPSA) is 41.1 Å². The Hall–Kier alpha value is -0.770. The molecule has 0 spiro atoms. The van der Waals surface area contributed by atoms with Crippen molar-refractivity contribution >= 4 is 29.1 Å². The molecular weight excluding hydrogens is 271 g/mol. The van der Waals surface area contributed by atoms with E-state index in [1.165, 1.54) is 0 Å². The molecule has 3 nitrogen and oxygen atoms in total. The van der Waals surface area contributed by atoms with Crippen LogP contribution in [0.5, 0.6) is 0 Å². The smallest absolute Gasteiger partial charge is 0.224 e. The van der Waals surface area contributed by atoms with Crippen LogP contribution in [0.25, 0.3) is 0 Å². The molecule has 1 atom stereocenters. The second-order valence-electron chi connectivity index (χ2n) is 4.43. The molecule has 18 heavy (non-hydrogen) atoms. The van der Waals surface area contributed by atoms with Crippen molar-refractivity contribution in [2.24, 2.45) is 5.92 Å². The number of carbonyl (C=O) groups excluding carboxylic acids is 1. The molecule has 1 aliphatic rings. The van der Waals surface area contributed by atoms with E-state index in [1.54, 1.807) is 0 Å². The molecule has 1 unspecified atom stereocenters. The monoisotopic (exact) mass is 286 g/mol. The number of hydrogen-bond donors (Lipinski definition) is 2. The largest absolute Gasteiger partial charge is 0.355 e. The first-order valence-electron chi connectivity index (χ1n) is 6.10. The molecule has 1 aromatic carbocycles. The molecule has 98 valence electrons. The zero-order valence-corrected chi connectivity index (χ0v) is 11.5. The molecule has 0 aromatic heterocycles. The van der Waals surface area contributed by atoms with Crippen molar-refractivity contribution in [2.75, 3.05) is 19.6 Å². The second kappa shape index (κ2) is 6.41. The van der Waals surface area contributed by atoms with Crippen LogP contribution in [0.15, 0.2) is 18.2 Å². The Labute approximate surface area is 117 Å². The lowest BCUT2D eigenvalue weighted by Gasteiger charge is -2.11. The third-order valence-electron chi connectivity index (χ3n) is 3.17. The average Bonchev–Trinajstić information content (AvgIpc) is 2.86. The third-order valence-corrected chi connectivity index (χ3v) is 3.88. The molecule has 0 aliphatic carbocycles. The highest BCUT2D eigenvalue weighted by Gasteiger charge is 2.21. The quantitative estimate of drug-likeness (QED) is 0.892. The molecule has 1 aliphatic heterocycles. The summed E-state index contributed by atoms with van der Waals surface area (Å²) >= 11 is 12.1. The summed E-state index contributed by atoms with van der Waals surface area (Å²) in [4.78, 5) is 11.8. The fraction of sp³-hybridized carbons (Fsp3) is 0.462. The molecular formula is C13H16Cl2N2O. The predicted molar refractivity (Wildman–Crippen MR) is 74.2 cm³/mol. The third kappa shape index (κ3) is 3.37. The first-order valence-corrected chi connectivity index (χ1v) is 6.85. The van der Waals surface area contributed by atoms with Crippen molar-refractivity contribution in [3.8, 4) is 0 Å². The number of carbonyl (C=O) groups is 1. The van der Waals surface area contributed by atoms with E-state index in [9.17, 15) is 4.79 Å². The summed E-state index contributed by atoms with van der Waals surface area (Å²) in [7, 11) is 0. The molecule has 1 fully saturated rings. The number of benzene rings is 1. The lowest BCUT2D eigenvalue weighted by molar-refractivity contribution is -0.124. The SMILES string of the molecule is O=C(NCCc1c(Cl)cccc1Cl)C1CCNC1. The summed E-state index contributed by atoms with van der Waals surface area (Å²) in [5.74, 6) is 0.217. The highest BCUT2D eigenvalue weighted by atomic mass is 35.5. The Kier molecular flexibility index (Phi) is 4.87. The van der Waals surface area contributed by atoms with Gasteiger partial charge in [0.15, 0.2) is 0 Å². The number of hydrogen-bond acceptors (Lipinski definition) is 2. The number of rotatable bonds is 4. The van der Waals surface area contributed by atoms with Gasteiger partial charge in [0.05, 0.1) is 5.92 Å². The summed E-state index contributed by atoms with van der Waals surface area (Å²) < 4.78 is 0. The van der Waals surface area contributed by atoms with Crippen LogP contribution in [0.3, 0.4) is 0 Å². The summed E-state index contributed by atoms with van der Waals surface area (Å²) in [5.41, 5.74) is 0.894. The van der Waals surface area contributed by atoms with Gasteiger partial charge in [-0.3, -0.25) is 4.79 Å². The van der Waals surface area contributed by atoms with Crippen LogP contribution < -0.4 is 10.6 Å². The molecule has 1 amide bonds. The molecule has 1 heterocycles. The van der Waals surface area contributed by atoms with E-state index in [4.69, 9.17) is 23.2 Å². The van der Waals surface area contributed by atoms with Gasteiger partial charge in [0.2, 0.25) is 5.91 Å². The van der Waals surface area contributed by atoms with E-state index in [1.807, 2.05) is 18.2 Å². The van der Waals surface area contributed by atoms with E-state index in [-0.39, 0.29) is 11.8 Å². The molecule has 1 saturated heterocycles. The highest BCUT2D eigenvalue weighted by Crippen LogP contribution is 2.24. The lowest BCUT2D eigenvalue weighted by atomic mass is 10.1. The predicted octanol–water partition coefficient (Wildman–Crippen LogP) is 2.26. The minimum absolute atomic E-state index is 0.103. The minimum atomic E-state index is 0.103. The Morgan fingerprint density at radius 2 is 2.11 bits per heavy atom. The van der Waals surface area contributed by atoms with Crippen LogP contribution in [0.1, 0.15) is 12.0 Å². The van der Waals surface area contributed by atoms with Crippen LogP contribution in [0.4, 0.5) is 0 Å². The van der Waals surface area contributed by atoms with Gasteiger partial charge in [-0.15, -0.1) is 0 Å². The Bertz CT molecular complexity index is 411. The van der Waals surface area contributed by atoms with E-state index in [2.05, 4.69) is 10.6 Å². The molecule has 1 aromatic rings. The maximum absolute atomic E-state index is 11.8. The van der Waals surface area contributed by atoms with Gasteiger partial charge in [-0.2, -0.15) is 0 Å². The molecule has 0 bridgehead atoms. The zero-order valence-electron chi connectivity index (χ0n) is 10.0. The van der Waals surface area contributed by atoms with Gasteiger partial charge in [0, 0.05) is 23.1 Å². The summed E-state index contributed by atoms with van der Waals surface area (Å²) in [6.07, 6.45) is 1.57. The first kappa shape index (κ1) is 13.7. The van der Waals surface area contributed by atoms with Crippen molar-refractivity contribution in [2.45, 2.75) is 12.8 Å². The maximum Gasteiger partial charge on any atom is 0.224 e. The fourth-order valence-corrected chi connectivity index (χ4v) is 2.69. The summed E-state index contributed by atoms with van der Waals surface area (Å²) in [6.45, 7) is 2.27. The van der Waals surface area contributed by atoms with Crippen LogP contribution in [-0.2, 0) is 11.2 Å². The minimum Gasteiger partial charge on any atom is -0.355 e. The van der Waals surface area contributed by atoms with Gasteiger partial charge in [-0.25, -0.2) is 0 Å². The van der Waals surface area contributed by atoms with E-state index in [0.717, 1.165) is 25.1 Å². The van der Waals surface area contributed by atoms with Gasteiger partial charge >= 0.3 is 0 Å². The van der Waals surface area contributed by atoms with Crippen LogP contribution in [-0.4, -0.2) is 25.5 Å². The van der Waals surface area contributed by atoms with Crippen molar-refractivity contribution < 1.29 is 4.79 Å².